The normalized spacial score (nSPS) is 11.9. The highest BCUT2D eigenvalue weighted by atomic mass is 32.2. The van der Waals surface area contributed by atoms with Crippen LogP contribution in [0.15, 0.2) is 0 Å². The highest BCUT2D eigenvalue weighted by Crippen LogP contribution is 1.89. The fourth-order valence-electron chi connectivity index (χ4n) is 1.05. The van der Waals surface area contributed by atoms with E-state index in [2.05, 4.69) is 10.0 Å². The van der Waals surface area contributed by atoms with Crippen molar-refractivity contribution in [3.8, 4) is 0 Å². The van der Waals surface area contributed by atoms with E-state index in [0.717, 1.165) is 19.4 Å². The minimum Gasteiger partial charge on any atom is -0.385 e. The van der Waals surface area contributed by atoms with Gasteiger partial charge in [0.25, 0.3) is 0 Å². The highest BCUT2D eigenvalue weighted by molar-refractivity contribution is 7.89. The van der Waals surface area contributed by atoms with Crippen LogP contribution in [0.2, 0.25) is 0 Å². The van der Waals surface area contributed by atoms with Crippen LogP contribution in [0.3, 0.4) is 0 Å². The van der Waals surface area contributed by atoms with E-state index in [1.807, 2.05) is 6.92 Å². The number of ether oxygens (including phenoxy) is 1. The summed E-state index contributed by atoms with van der Waals surface area (Å²) in [5.74, 6) is 0.144. The van der Waals surface area contributed by atoms with Gasteiger partial charge < -0.3 is 10.1 Å². The topological polar surface area (TPSA) is 67.4 Å². The van der Waals surface area contributed by atoms with Gasteiger partial charge in [-0.1, -0.05) is 6.92 Å². The van der Waals surface area contributed by atoms with Gasteiger partial charge in [-0.15, -0.1) is 0 Å². The molecule has 0 saturated carbocycles. The van der Waals surface area contributed by atoms with Crippen molar-refractivity contribution >= 4 is 10.0 Å². The molecule has 15 heavy (non-hydrogen) atoms. The maximum Gasteiger partial charge on any atom is 0.212 e. The standard InChI is InChI=1S/C9H22N2O3S/c1-3-10-7-9-15(12,13)11-6-4-5-8-14-2/h10-11H,3-9H2,1-2H3. The van der Waals surface area contributed by atoms with Crippen molar-refractivity contribution in [1.82, 2.24) is 10.0 Å². The zero-order valence-corrected chi connectivity index (χ0v) is 10.4. The van der Waals surface area contributed by atoms with Gasteiger partial charge in [-0.3, -0.25) is 0 Å². The monoisotopic (exact) mass is 238 g/mol. The van der Waals surface area contributed by atoms with E-state index >= 15 is 0 Å². The van der Waals surface area contributed by atoms with E-state index in [0.29, 0.717) is 19.7 Å². The van der Waals surface area contributed by atoms with Crippen LogP contribution in [0, 0.1) is 0 Å². The van der Waals surface area contributed by atoms with Gasteiger partial charge in [-0.25, -0.2) is 13.1 Å². The molecule has 0 fully saturated rings. The average molecular weight is 238 g/mol. The van der Waals surface area contributed by atoms with Crippen molar-refractivity contribution in [2.75, 3.05) is 39.1 Å². The smallest absolute Gasteiger partial charge is 0.212 e. The van der Waals surface area contributed by atoms with E-state index in [1.54, 1.807) is 7.11 Å². The van der Waals surface area contributed by atoms with Crippen molar-refractivity contribution in [3.63, 3.8) is 0 Å². The maximum atomic E-state index is 11.4. The van der Waals surface area contributed by atoms with Gasteiger partial charge in [0.05, 0.1) is 5.75 Å². The molecule has 0 unspecified atom stereocenters. The predicted octanol–water partition coefficient (Wildman–Crippen LogP) is -0.0581. The van der Waals surface area contributed by atoms with Gasteiger partial charge in [-0.2, -0.15) is 0 Å². The summed E-state index contributed by atoms with van der Waals surface area (Å²) in [6.45, 7) is 4.43. The molecule has 0 aliphatic heterocycles. The Morgan fingerprint density at radius 3 is 2.53 bits per heavy atom. The lowest BCUT2D eigenvalue weighted by molar-refractivity contribution is 0.193. The second-order valence-corrected chi connectivity index (χ2v) is 5.19. The number of unbranched alkanes of at least 4 members (excludes halogenated alkanes) is 1. The molecule has 0 heterocycles. The summed E-state index contributed by atoms with van der Waals surface area (Å²) in [5, 5.41) is 2.98. The first-order valence-electron chi connectivity index (χ1n) is 5.29. The molecule has 2 N–H and O–H groups in total. The molecule has 0 aromatic heterocycles. The molecule has 6 heteroatoms. The van der Waals surface area contributed by atoms with Gasteiger partial charge in [0, 0.05) is 26.8 Å². The number of methoxy groups -OCH3 is 1. The van der Waals surface area contributed by atoms with E-state index < -0.39 is 10.0 Å². The minimum absolute atomic E-state index is 0.144. The van der Waals surface area contributed by atoms with Crippen molar-refractivity contribution in [2.45, 2.75) is 19.8 Å². The fraction of sp³-hybridized carbons (Fsp3) is 1.00. The van der Waals surface area contributed by atoms with E-state index in [4.69, 9.17) is 4.74 Å². The van der Waals surface area contributed by atoms with Gasteiger partial charge >= 0.3 is 0 Å². The van der Waals surface area contributed by atoms with Gasteiger partial charge in [0.1, 0.15) is 0 Å². The molecule has 0 spiro atoms. The largest absolute Gasteiger partial charge is 0.385 e. The Morgan fingerprint density at radius 2 is 1.93 bits per heavy atom. The highest BCUT2D eigenvalue weighted by Gasteiger charge is 2.07. The van der Waals surface area contributed by atoms with Crippen LogP contribution < -0.4 is 10.0 Å². The summed E-state index contributed by atoms with van der Waals surface area (Å²) >= 11 is 0. The third kappa shape index (κ3) is 10.1. The van der Waals surface area contributed by atoms with E-state index in [1.165, 1.54) is 0 Å². The zero-order chi connectivity index (χ0) is 11.6. The summed E-state index contributed by atoms with van der Waals surface area (Å²) in [6, 6.07) is 0. The van der Waals surface area contributed by atoms with Crippen LogP contribution in [-0.2, 0) is 14.8 Å². The molecule has 0 aliphatic rings. The van der Waals surface area contributed by atoms with Gasteiger partial charge in [0.2, 0.25) is 10.0 Å². The van der Waals surface area contributed by atoms with Crippen LogP contribution in [-0.4, -0.2) is 47.5 Å². The molecule has 0 saturated heterocycles. The van der Waals surface area contributed by atoms with E-state index in [-0.39, 0.29) is 5.75 Å². The summed E-state index contributed by atoms with van der Waals surface area (Å²) < 4.78 is 30.1. The third-order valence-electron chi connectivity index (χ3n) is 1.89. The molecule has 0 aromatic rings. The lowest BCUT2D eigenvalue weighted by Gasteiger charge is -2.06. The Balaban J connectivity index is 3.47. The molecule has 0 bridgehead atoms. The van der Waals surface area contributed by atoms with Crippen LogP contribution in [0.5, 0.6) is 0 Å². The van der Waals surface area contributed by atoms with Gasteiger partial charge in [0.15, 0.2) is 0 Å². The number of sulfonamides is 1. The summed E-state index contributed by atoms with van der Waals surface area (Å²) in [5.41, 5.74) is 0. The maximum absolute atomic E-state index is 11.4. The molecule has 5 nitrogen and oxygen atoms in total. The molecular formula is C9H22N2O3S. The minimum atomic E-state index is -3.09. The lowest BCUT2D eigenvalue weighted by atomic mass is 10.3. The molecule has 92 valence electrons. The second-order valence-electron chi connectivity index (χ2n) is 3.27. The Hall–Kier alpha value is -0.170. The number of nitrogens with one attached hydrogen (secondary N) is 2. The van der Waals surface area contributed by atoms with Crippen molar-refractivity contribution in [3.05, 3.63) is 0 Å². The third-order valence-corrected chi connectivity index (χ3v) is 3.28. The SMILES string of the molecule is CCNCCS(=O)(=O)NCCCCOC. The molecule has 0 aromatic carbocycles. The molecule has 0 atom stereocenters. The van der Waals surface area contributed by atoms with Crippen LogP contribution in [0.4, 0.5) is 0 Å². The van der Waals surface area contributed by atoms with Gasteiger partial charge in [-0.05, 0) is 19.4 Å². The number of hydrogen-bond donors (Lipinski definition) is 2. The predicted molar refractivity (Wildman–Crippen MR) is 61.4 cm³/mol. The first kappa shape index (κ1) is 14.8. The van der Waals surface area contributed by atoms with Crippen LogP contribution >= 0.6 is 0 Å². The summed E-state index contributed by atoms with van der Waals surface area (Å²) in [6.07, 6.45) is 1.69. The van der Waals surface area contributed by atoms with Crippen molar-refractivity contribution < 1.29 is 13.2 Å². The number of rotatable bonds is 10. The Kier molecular flexibility index (Phi) is 8.98. The molecule has 0 rings (SSSR count). The zero-order valence-electron chi connectivity index (χ0n) is 9.58. The number of hydrogen-bond acceptors (Lipinski definition) is 4. The Bertz CT molecular complexity index is 230. The van der Waals surface area contributed by atoms with Crippen LogP contribution in [0.25, 0.3) is 0 Å². The molecule has 0 amide bonds. The molecule has 0 aliphatic carbocycles. The fourth-order valence-corrected chi connectivity index (χ4v) is 2.07. The van der Waals surface area contributed by atoms with Crippen molar-refractivity contribution in [1.29, 1.82) is 0 Å². The Labute approximate surface area is 92.6 Å². The molecular weight excluding hydrogens is 216 g/mol. The molecule has 0 radical (unpaired) electrons. The quantitative estimate of drug-likeness (QED) is 0.523. The van der Waals surface area contributed by atoms with Crippen molar-refractivity contribution in [2.24, 2.45) is 0 Å². The summed E-state index contributed by atoms with van der Waals surface area (Å²) in [7, 11) is -1.45. The van der Waals surface area contributed by atoms with E-state index in [9.17, 15) is 8.42 Å². The first-order chi connectivity index (χ1) is 7.12. The second kappa shape index (κ2) is 9.08. The average Bonchev–Trinajstić information content (AvgIpc) is 2.17. The first-order valence-corrected chi connectivity index (χ1v) is 6.94. The Morgan fingerprint density at radius 1 is 1.20 bits per heavy atom. The van der Waals surface area contributed by atoms with Crippen LogP contribution in [0.1, 0.15) is 19.8 Å². The summed E-state index contributed by atoms with van der Waals surface area (Å²) in [4.78, 5) is 0. The lowest BCUT2D eigenvalue weighted by Crippen LogP contribution is -2.32.